The molecule has 0 aliphatic heterocycles. The molecule has 0 saturated heterocycles. The summed E-state index contributed by atoms with van der Waals surface area (Å²) in [5.41, 5.74) is 0.822. The molecular formula is C19H26N2O2. The molecule has 2 unspecified atom stereocenters. The van der Waals surface area contributed by atoms with Gasteiger partial charge in [0.1, 0.15) is 0 Å². The van der Waals surface area contributed by atoms with Gasteiger partial charge in [0.25, 0.3) is 0 Å². The van der Waals surface area contributed by atoms with E-state index in [0.29, 0.717) is 13.0 Å². The number of carbonyl (C=O) groups excluding carboxylic acids is 1. The minimum absolute atomic E-state index is 0.165. The van der Waals surface area contributed by atoms with Crippen LogP contribution in [0.25, 0.3) is 0 Å². The van der Waals surface area contributed by atoms with Gasteiger partial charge in [0.05, 0.1) is 11.1 Å². The standard InChI is InChI=1S/C19H26N2O2/c1-5-21(14-9-7-6-8-10-14)16(22)19-12-11-18(4,17(19,2)3)15(13-19)20-23/h6-10,23H,5,11-13H2,1-4H3/b20-15+. The molecule has 0 heterocycles. The van der Waals surface area contributed by atoms with Crippen LogP contribution in [0.2, 0.25) is 0 Å². The third kappa shape index (κ3) is 1.84. The fourth-order valence-corrected chi connectivity index (χ4v) is 4.82. The van der Waals surface area contributed by atoms with E-state index in [1.165, 1.54) is 0 Å². The molecule has 4 heteroatoms. The number of anilines is 1. The molecule has 2 aliphatic carbocycles. The van der Waals surface area contributed by atoms with Crippen LogP contribution in [0.4, 0.5) is 5.69 Å². The van der Waals surface area contributed by atoms with E-state index in [0.717, 1.165) is 24.2 Å². The summed E-state index contributed by atoms with van der Waals surface area (Å²) >= 11 is 0. The fourth-order valence-electron chi connectivity index (χ4n) is 4.82. The van der Waals surface area contributed by atoms with Gasteiger partial charge in [0, 0.05) is 24.1 Å². The molecule has 0 spiro atoms. The Kier molecular flexibility index (Phi) is 3.54. The van der Waals surface area contributed by atoms with Crippen molar-refractivity contribution in [3.63, 3.8) is 0 Å². The van der Waals surface area contributed by atoms with Crippen LogP contribution in [0.5, 0.6) is 0 Å². The van der Waals surface area contributed by atoms with Gasteiger partial charge in [0.15, 0.2) is 0 Å². The lowest BCUT2D eigenvalue weighted by molar-refractivity contribution is -0.133. The van der Waals surface area contributed by atoms with Gasteiger partial charge in [-0.3, -0.25) is 4.79 Å². The van der Waals surface area contributed by atoms with E-state index in [4.69, 9.17) is 0 Å². The zero-order chi connectivity index (χ0) is 16.9. The summed E-state index contributed by atoms with van der Waals surface area (Å²) in [6, 6.07) is 9.84. The van der Waals surface area contributed by atoms with Crippen molar-refractivity contribution in [1.29, 1.82) is 0 Å². The first-order valence-electron chi connectivity index (χ1n) is 8.42. The van der Waals surface area contributed by atoms with Gasteiger partial charge in [-0.2, -0.15) is 0 Å². The average Bonchev–Trinajstić information content (AvgIpc) is 2.86. The van der Waals surface area contributed by atoms with E-state index in [-0.39, 0.29) is 16.7 Å². The first-order valence-corrected chi connectivity index (χ1v) is 8.42. The quantitative estimate of drug-likeness (QED) is 0.675. The van der Waals surface area contributed by atoms with E-state index >= 15 is 0 Å². The molecule has 124 valence electrons. The molecule has 1 amide bonds. The number of hydrogen-bond donors (Lipinski definition) is 1. The largest absolute Gasteiger partial charge is 0.411 e. The summed E-state index contributed by atoms with van der Waals surface area (Å²) < 4.78 is 0. The maximum absolute atomic E-state index is 13.6. The summed E-state index contributed by atoms with van der Waals surface area (Å²) in [6.45, 7) is 9.12. The molecule has 2 atom stereocenters. The van der Waals surface area contributed by atoms with Gasteiger partial charge in [-0.25, -0.2) is 0 Å². The molecule has 2 fully saturated rings. The van der Waals surface area contributed by atoms with Gasteiger partial charge in [-0.05, 0) is 37.3 Å². The van der Waals surface area contributed by atoms with Crippen molar-refractivity contribution in [1.82, 2.24) is 0 Å². The van der Waals surface area contributed by atoms with E-state index in [1.54, 1.807) is 0 Å². The molecular weight excluding hydrogens is 288 g/mol. The van der Waals surface area contributed by atoms with Crippen LogP contribution in [0.1, 0.15) is 47.0 Å². The van der Waals surface area contributed by atoms with Crippen molar-refractivity contribution in [2.75, 3.05) is 11.4 Å². The number of hydrogen-bond acceptors (Lipinski definition) is 3. The van der Waals surface area contributed by atoms with Gasteiger partial charge >= 0.3 is 0 Å². The Morgan fingerprint density at radius 1 is 1.22 bits per heavy atom. The summed E-state index contributed by atoms with van der Waals surface area (Å²) in [6.07, 6.45) is 2.32. The number of fused-ring (bicyclic) bond motifs is 2. The second-order valence-electron chi connectivity index (χ2n) is 7.65. The molecule has 2 saturated carbocycles. The Morgan fingerprint density at radius 2 is 1.87 bits per heavy atom. The molecule has 0 aromatic heterocycles. The topological polar surface area (TPSA) is 52.9 Å². The molecule has 23 heavy (non-hydrogen) atoms. The van der Waals surface area contributed by atoms with Gasteiger partial charge in [0.2, 0.25) is 5.91 Å². The zero-order valence-corrected chi connectivity index (χ0v) is 14.5. The summed E-state index contributed by atoms with van der Waals surface area (Å²) in [5, 5.41) is 13.0. The van der Waals surface area contributed by atoms with Crippen molar-refractivity contribution in [2.24, 2.45) is 21.4 Å². The Bertz CT molecular complexity index is 653. The fraction of sp³-hybridized carbons (Fsp3) is 0.579. The van der Waals surface area contributed by atoms with Crippen LogP contribution >= 0.6 is 0 Å². The first-order chi connectivity index (χ1) is 10.8. The van der Waals surface area contributed by atoms with Crippen molar-refractivity contribution in [3.05, 3.63) is 30.3 Å². The third-order valence-electron chi connectivity index (χ3n) is 6.89. The van der Waals surface area contributed by atoms with Crippen molar-refractivity contribution in [3.8, 4) is 0 Å². The Hall–Kier alpha value is -1.84. The van der Waals surface area contributed by atoms with Crippen LogP contribution in [0, 0.1) is 16.2 Å². The van der Waals surface area contributed by atoms with E-state index in [1.807, 2.05) is 42.2 Å². The molecule has 1 N–H and O–H groups in total. The maximum Gasteiger partial charge on any atom is 0.234 e. The second-order valence-corrected chi connectivity index (χ2v) is 7.65. The van der Waals surface area contributed by atoms with E-state index in [9.17, 15) is 10.0 Å². The molecule has 1 aromatic carbocycles. The smallest absolute Gasteiger partial charge is 0.234 e. The number of carbonyl (C=O) groups is 1. The molecule has 2 aliphatic rings. The molecule has 3 rings (SSSR count). The lowest BCUT2D eigenvalue weighted by Crippen LogP contribution is -2.48. The number of amides is 1. The Labute approximate surface area is 138 Å². The highest BCUT2D eigenvalue weighted by molar-refractivity contribution is 6.07. The molecule has 4 nitrogen and oxygen atoms in total. The third-order valence-corrected chi connectivity index (χ3v) is 6.89. The predicted molar refractivity (Wildman–Crippen MR) is 91.9 cm³/mol. The highest BCUT2D eigenvalue weighted by atomic mass is 16.4. The van der Waals surface area contributed by atoms with Crippen LogP contribution in [0.3, 0.4) is 0 Å². The second kappa shape index (κ2) is 5.08. The summed E-state index contributed by atoms with van der Waals surface area (Å²) in [5.74, 6) is 0.165. The zero-order valence-electron chi connectivity index (χ0n) is 14.5. The van der Waals surface area contributed by atoms with Crippen molar-refractivity contribution in [2.45, 2.75) is 47.0 Å². The Morgan fingerprint density at radius 3 is 2.39 bits per heavy atom. The number of oxime groups is 1. The Balaban J connectivity index is 2.05. The van der Waals surface area contributed by atoms with Crippen LogP contribution in [-0.4, -0.2) is 23.4 Å². The number of benzene rings is 1. The molecule has 1 aromatic rings. The van der Waals surface area contributed by atoms with Crippen LogP contribution in [0.15, 0.2) is 35.5 Å². The summed E-state index contributed by atoms with van der Waals surface area (Å²) in [7, 11) is 0. The highest BCUT2D eigenvalue weighted by Gasteiger charge is 2.72. The minimum Gasteiger partial charge on any atom is -0.411 e. The number of rotatable bonds is 3. The van der Waals surface area contributed by atoms with E-state index < -0.39 is 5.41 Å². The lowest BCUT2D eigenvalue weighted by atomic mass is 9.64. The van der Waals surface area contributed by atoms with Gasteiger partial charge in [-0.15, -0.1) is 0 Å². The average molecular weight is 314 g/mol. The van der Waals surface area contributed by atoms with Gasteiger partial charge < -0.3 is 10.1 Å². The maximum atomic E-state index is 13.6. The number of nitrogens with zero attached hydrogens (tertiary/aromatic N) is 2. The highest BCUT2D eigenvalue weighted by Crippen LogP contribution is 2.71. The predicted octanol–water partition coefficient (Wildman–Crippen LogP) is 4.09. The number of para-hydroxylation sites is 1. The summed E-state index contributed by atoms with van der Waals surface area (Å²) in [4.78, 5) is 15.4. The SMILES string of the molecule is CCN(C(=O)C12CCC(C)(/C(=N/O)C1)C2(C)C)c1ccccc1. The molecule has 2 bridgehead atoms. The normalized spacial score (nSPS) is 33.1. The minimum atomic E-state index is -0.477. The first kappa shape index (κ1) is 16.0. The van der Waals surface area contributed by atoms with E-state index in [2.05, 4.69) is 25.9 Å². The monoisotopic (exact) mass is 314 g/mol. The van der Waals surface area contributed by atoms with Crippen molar-refractivity contribution >= 4 is 17.3 Å². The van der Waals surface area contributed by atoms with Crippen molar-refractivity contribution < 1.29 is 10.0 Å². The molecule has 0 radical (unpaired) electrons. The van der Waals surface area contributed by atoms with Crippen LogP contribution in [-0.2, 0) is 4.79 Å². The van der Waals surface area contributed by atoms with Crippen LogP contribution < -0.4 is 4.90 Å². The van der Waals surface area contributed by atoms with Gasteiger partial charge in [-0.1, -0.05) is 44.1 Å². The lowest BCUT2D eigenvalue weighted by Gasteiger charge is -2.41.